The zero-order valence-corrected chi connectivity index (χ0v) is 16.0. The zero-order chi connectivity index (χ0) is 18.0. The summed E-state index contributed by atoms with van der Waals surface area (Å²) < 4.78 is 5.48. The fourth-order valence-corrected chi connectivity index (χ4v) is 6.89. The Morgan fingerprint density at radius 2 is 1.84 bits per heavy atom. The van der Waals surface area contributed by atoms with E-state index >= 15 is 0 Å². The SMILES string of the molecule is CO/C(C)=C1/C(=O)C[C@H]2[C@H]3CCC4=CC(=O)CC[C@]4(C)[C@@H]3CC[C@]12C. The lowest BCUT2D eigenvalue weighted by atomic mass is 9.47. The minimum absolute atomic E-state index is 0.0274. The molecule has 0 saturated heterocycles. The molecule has 3 nitrogen and oxygen atoms in total. The summed E-state index contributed by atoms with van der Waals surface area (Å²) in [6.45, 7) is 6.64. The van der Waals surface area contributed by atoms with Crippen molar-refractivity contribution in [3.63, 3.8) is 0 Å². The van der Waals surface area contributed by atoms with Crippen LogP contribution >= 0.6 is 0 Å². The summed E-state index contributed by atoms with van der Waals surface area (Å²) in [7, 11) is 1.68. The standard InChI is InChI=1S/C22H30O3/c1-13(25-4)20-19(24)12-18-16-6-5-14-11-15(23)7-9-21(14,2)17(16)8-10-22(18,20)3/h11,16-18H,5-10,12H2,1-4H3/b20-13-/t16-,17+,18-,21-,22-/m0/s1. The molecule has 3 fully saturated rings. The third-order valence-electron chi connectivity index (χ3n) is 8.27. The van der Waals surface area contributed by atoms with E-state index in [9.17, 15) is 9.59 Å². The Balaban J connectivity index is 1.72. The highest BCUT2D eigenvalue weighted by Gasteiger charge is 2.60. The zero-order valence-electron chi connectivity index (χ0n) is 16.0. The van der Waals surface area contributed by atoms with Gasteiger partial charge in [-0.05, 0) is 68.3 Å². The normalized spacial score (nSPS) is 45.3. The van der Waals surface area contributed by atoms with Crippen molar-refractivity contribution < 1.29 is 14.3 Å². The second-order valence-corrected chi connectivity index (χ2v) is 9.19. The maximum absolute atomic E-state index is 12.8. The summed E-state index contributed by atoms with van der Waals surface area (Å²) in [5.74, 6) is 3.09. The van der Waals surface area contributed by atoms with Crippen LogP contribution < -0.4 is 0 Å². The maximum atomic E-state index is 12.8. The number of ether oxygens (including phenoxy) is 1. The minimum Gasteiger partial charge on any atom is -0.501 e. The Kier molecular flexibility index (Phi) is 3.79. The molecule has 3 heteroatoms. The van der Waals surface area contributed by atoms with Gasteiger partial charge >= 0.3 is 0 Å². The van der Waals surface area contributed by atoms with E-state index in [-0.39, 0.29) is 10.8 Å². The number of ketones is 2. The third kappa shape index (κ3) is 2.23. The smallest absolute Gasteiger partial charge is 0.163 e. The maximum Gasteiger partial charge on any atom is 0.163 e. The lowest BCUT2D eigenvalue weighted by molar-refractivity contribution is -0.117. The Morgan fingerprint density at radius 3 is 2.56 bits per heavy atom. The van der Waals surface area contributed by atoms with Gasteiger partial charge in [-0.15, -0.1) is 0 Å². The lowest BCUT2D eigenvalue weighted by Gasteiger charge is -2.57. The second-order valence-electron chi connectivity index (χ2n) is 9.19. The third-order valence-corrected chi connectivity index (χ3v) is 8.27. The fraction of sp³-hybridized carbons (Fsp3) is 0.727. The van der Waals surface area contributed by atoms with E-state index in [2.05, 4.69) is 13.8 Å². The molecule has 0 aromatic carbocycles. The number of fused-ring (bicyclic) bond motifs is 5. The summed E-state index contributed by atoms with van der Waals surface area (Å²) in [5, 5.41) is 0. The van der Waals surface area contributed by atoms with Gasteiger partial charge in [0.2, 0.25) is 0 Å². The van der Waals surface area contributed by atoms with Crippen LogP contribution in [0.15, 0.2) is 23.0 Å². The van der Waals surface area contributed by atoms with Gasteiger partial charge in [0.1, 0.15) is 0 Å². The van der Waals surface area contributed by atoms with Crippen LogP contribution in [0.4, 0.5) is 0 Å². The number of hydrogen-bond acceptors (Lipinski definition) is 3. The van der Waals surface area contributed by atoms with E-state index in [0.29, 0.717) is 42.2 Å². The Hall–Kier alpha value is -1.38. The van der Waals surface area contributed by atoms with E-state index in [0.717, 1.165) is 43.4 Å². The number of rotatable bonds is 1. The second kappa shape index (κ2) is 5.56. The van der Waals surface area contributed by atoms with Crippen molar-refractivity contribution in [3.05, 3.63) is 23.0 Å². The minimum atomic E-state index is -0.0274. The number of hydrogen-bond donors (Lipinski definition) is 0. The average molecular weight is 342 g/mol. The molecule has 25 heavy (non-hydrogen) atoms. The quantitative estimate of drug-likeness (QED) is 0.516. The van der Waals surface area contributed by atoms with E-state index in [1.165, 1.54) is 5.57 Å². The predicted molar refractivity (Wildman–Crippen MR) is 96.8 cm³/mol. The first-order valence-corrected chi connectivity index (χ1v) is 9.83. The first-order chi connectivity index (χ1) is 11.8. The summed E-state index contributed by atoms with van der Waals surface area (Å²) in [6, 6.07) is 0. The summed E-state index contributed by atoms with van der Waals surface area (Å²) in [4.78, 5) is 24.7. The molecule has 0 bridgehead atoms. The number of carbonyl (C=O) groups excluding carboxylic acids is 2. The topological polar surface area (TPSA) is 43.4 Å². The molecule has 0 N–H and O–H groups in total. The van der Waals surface area contributed by atoms with Crippen LogP contribution in [0.1, 0.15) is 65.7 Å². The van der Waals surface area contributed by atoms with Gasteiger partial charge in [-0.3, -0.25) is 9.59 Å². The van der Waals surface area contributed by atoms with Crippen LogP contribution in [0.3, 0.4) is 0 Å². The van der Waals surface area contributed by atoms with Crippen molar-refractivity contribution in [2.45, 2.75) is 65.7 Å². The van der Waals surface area contributed by atoms with Crippen LogP contribution in [-0.2, 0) is 14.3 Å². The molecule has 0 aromatic heterocycles. The highest BCUT2D eigenvalue weighted by Crippen LogP contribution is 2.66. The molecule has 0 unspecified atom stereocenters. The van der Waals surface area contributed by atoms with E-state index < -0.39 is 0 Å². The van der Waals surface area contributed by atoms with E-state index in [1.807, 2.05) is 13.0 Å². The molecular formula is C22H30O3. The van der Waals surface area contributed by atoms with Gasteiger partial charge in [0.25, 0.3) is 0 Å². The number of Topliss-reactive ketones (excluding diaryl/α,β-unsaturated/α-hetero) is 1. The number of carbonyl (C=O) groups is 2. The fourth-order valence-electron chi connectivity index (χ4n) is 6.89. The Morgan fingerprint density at radius 1 is 1.08 bits per heavy atom. The molecule has 4 rings (SSSR count). The predicted octanol–water partition coefficient (Wildman–Crippen LogP) is 4.62. The molecule has 0 spiro atoms. The first-order valence-electron chi connectivity index (χ1n) is 9.83. The van der Waals surface area contributed by atoms with Crippen molar-refractivity contribution >= 4 is 11.6 Å². The van der Waals surface area contributed by atoms with Gasteiger partial charge in [-0.2, -0.15) is 0 Å². The molecule has 3 saturated carbocycles. The van der Waals surface area contributed by atoms with Gasteiger partial charge in [0, 0.05) is 23.8 Å². The van der Waals surface area contributed by atoms with Crippen molar-refractivity contribution in [2.75, 3.05) is 7.11 Å². The van der Waals surface area contributed by atoms with Gasteiger partial charge in [-0.1, -0.05) is 19.4 Å². The van der Waals surface area contributed by atoms with Gasteiger partial charge in [0.05, 0.1) is 12.9 Å². The molecule has 0 amide bonds. The van der Waals surface area contributed by atoms with Crippen molar-refractivity contribution in [1.82, 2.24) is 0 Å². The van der Waals surface area contributed by atoms with Crippen LogP contribution in [0.2, 0.25) is 0 Å². The van der Waals surface area contributed by atoms with Gasteiger partial charge < -0.3 is 4.74 Å². The Bertz CT molecular complexity index is 700. The van der Waals surface area contributed by atoms with Gasteiger partial charge in [0.15, 0.2) is 11.6 Å². The summed E-state index contributed by atoms with van der Waals surface area (Å²) >= 11 is 0. The van der Waals surface area contributed by atoms with Crippen molar-refractivity contribution in [2.24, 2.45) is 28.6 Å². The first kappa shape index (κ1) is 17.1. The molecule has 4 aliphatic carbocycles. The molecule has 136 valence electrons. The van der Waals surface area contributed by atoms with E-state index in [1.54, 1.807) is 7.11 Å². The van der Waals surface area contributed by atoms with Crippen LogP contribution in [0, 0.1) is 28.6 Å². The average Bonchev–Trinajstić information content (AvgIpc) is 2.85. The molecule has 4 aliphatic rings. The highest BCUT2D eigenvalue weighted by atomic mass is 16.5. The van der Waals surface area contributed by atoms with Crippen LogP contribution in [0.25, 0.3) is 0 Å². The molecule has 5 atom stereocenters. The summed E-state index contributed by atoms with van der Waals surface area (Å²) in [6.07, 6.45) is 8.72. The summed E-state index contributed by atoms with van der Waals surface area (Å²) in [5.41, 5.74) is 2.50. The molecule has 0 aromatic rings. The largest absolute Gasteiger partial charge is 0.501 e. The number of methoxy groups -OCH3 is 1. The van der Waals surface area contributed by atoms with Crippen LogP contribution in [0.5, 0.6) is 0 Å². The van der Waals surface area contributed by atoms with Crippen molar-refractivity contribution in [1.29, 1.82) is 0 Å². The van der Waals surface area contributed by atoms with Crippen LogP contribution in [-0.4, -0.2) is 18.7 Å². The lowest BCUT2D eigenvalue weighted by Crippen LogP contribution is -2.49. The molecule has 0 heterocycles. The molecular weight excluding hydrogens is 312 g/mol. The van der Waals surface area contributed by atoms with Gasteiger partial charge in [-0.25, -0.2) is 0 Å². The molecule has 0 aliphatic heterocycles. The highest BCUT2D eigenvalue weighted by molar-refractivity contribution is 6.00. The van der Waals surface area contributed by atoms with Crippen molar-refractivity contribution in [3.8, 4) is 0 Å². The molecule has 0 radical (unpaired) electrons. The monoisotopic (exact) mass is 342 g/mol. The van der Waals surface area contributed by atoms with E-state index in [4.69, 9.17) is 4.74 Å². The number of allylic oxidation sites excluding steroid dienone is 3. The Labute approximate surface area is 150 Å².